The van der Waals surface area contributed by atoms with Crippen molar-refractivity contribution in [2.75, 3.05) is 38.2 Å². The number of anilines is 2. The molecule has 2 atom stereocenters. The SMILES string of the molecule is CCOc1nc(Nc2cnn([C@H]3C[C@H](N4CCOCC4)CCC3(F)F)c2Cl)nc2[nH]ccc12. The Morgan fingerprint density at radius 2 is 2.15 bits per heavy atom. The van der Waals surface area contributed by atoms with Gasteiger partial charge in [-0.1, -0.05) is 11.6 Å². The number of hydrogen-bond donors (Lipinski definition) is 2. The van der Waals surface area contributed by atoms with Crippen molar-refractivity contribution in [3.8, 4) is 5.88 Å². The van der Waals surface area contributed by atoms with E-state index in [2.05, 4.69) is 30.3 Å². The number of nitrogens with zero attached hydrogens (tertiary/aromatic N) is 5. The van der Waals surface area contributed by atoms with Crippen LogP contribution in [-0.4, -0.2) is 74.5 Å². The van der Waals surface area contributed by atoms with Gasteiger partial charge >= 0.3 is 0 Å². The number of aromatic nitrogens is 5. The van der Waals surface area contributed by atoms with Gasteiger partial charge in [0.15, 0.2) is 5.15 Å². The monoisotopic (exact) mass is 481 g/mol. The van der Waals surface area contributed by atoms with Crippen molar-refractivity contribution in [1.82, 2.24) is 29.6 Å². The summed E-state index contributed by atoms with van der Waals surface area (Å²) in [5.74, 6) is -2.25. The van der Waals surface area contributed by atoms with Crippen molar-refractivity contribution >= 4 is 34.3 Å². The van der Waals surface area contributed by atoms with Crippen molar-refractivity contribution in [3.05, 3.63) is 23.6 Å². The molecular formula is C21H26ClF2N7O2. The standard InChI is InChI=1S/C21H26ClF2N7O2/c1-2-33-19-14-4-6-25-18(14)28-20(29-19)27-15-12-26-31(17(15)22)16-11-13(3-5-21(16,23)24)30-7-9-32-10-8-30/h4,6,12-13,16H,2-3,5,7-11H2,1H3,(H2,25,27,28,29)/t13-,16+/m1/s1. The van der Waals surface area contributed by atoms with Crippen LogP contribution in [0.15, 0.2) is 18.5 Å². The van der Waals surface area contributed by atoms with Crippen LogP contribution in [0, 0.1) is 0 Å². The number of rotatable bonds is 6. The molecule has 2 N–H and O–H groups in total. The smallest absolute Gasteiger partial charge is 0.270 e. The average Bonchev–Trinajstić information content (AvgIpc) is 3.42. The van der Waals surface area contributed by atoms with E-state index in [0.29, 0.717) is 43.5 Å². The third-order valence-corrected chi connectivity index (χ3v) is 6.67. The Balaban J connectivity index is 1.39. The Morgan fingerprint density at radius 1 is 1.33 bits per heavy atom. The Hall–Kier alpha value is -2.50. The van der Waals surface area contributed by atoms with Gasteiger partial charge in [-0.2, -0.15) is 15.1 Å². The second kappa shape index (κ2) is 9.03. The quantitative estimate of drug-likeness (QED) is 0.549. The number of alkyl halides is 2. The lowest BCUT2D eigenvalue weighted by molar-refractivity contribution is -0.106. The maximum absolute atomic E-state index is 15.0. The molecule has 0 spiro atoms. The molecule has 1 aliphatic heterocycles. The molecule has 3 aromatic heterocycles. The number of ether oxygens (including phenoxy) is 2. The first kappa shape index (κ1) is 22.3. The Morgan fingerprint density at radius 3 is 2.94 bits per heavy atom. The lowest BCUT2D eigenvalue weighted by Gasteiger charge is -2.42. The lowest BCUT2D eigenvalue weighted by Crippen LogP contribution is -2.49. The van der Waals surface area contributed by atoms with E-state index in [0.717, 1.165) is 18.5 Å². The Labute approximate surface area is 194 Å². The maximum Gasteiger partial charge on any atom is 0.270 e. The van der Waals surface area contributed by atoms with Crippen LogP contribution in [0.5, 0.6) is 5.88 Å². The first-order chi connectivity index (χ1) is 16.0. The van der Waals surface area contributed by atoms with Crippen molar-refractivity contribution in [1.29, 1.82) is 0 Å². The fourth-order valence-corrected chi connectivity index (χ4v) is 4.87. The van der Waals surface area contributed by atoms with Crippen LogP contribution < -0.4 is 10.1 Å². The molecule has 0 unspecified atom stereocenters. The molecule has 178 valence electrons. The molecular weight excluding hydrogens is 456 g/mol. The first-order valence-corrected chi connectivity index (χ1v) is 11.5. The number of fused-ring (bicyclic) bond motifs is 1. The summed E-state index contributed by atoms with van der Waals surface area (Å²) < 4.78 is 42.2. The van der Waals surface area contributed by atoms with Gasteiger partial charge in [-0.15, -0.1) is 0 Å². The molecule has 33 heavy (non-hydrogen) atoms. The van der Waals surface area contributed by atoms with Gasteiger partial charge in [0.25, 0.3) is 5.92 Å². The number of nitrogens with one attached hydrogen (secondary N) is 2. The van der Waals surface area contributed by atoms with Gasteiger partial charge < -0.3 is 19.8 Å². The predicted octanol–water partition coefficient (Wildman–Crippen LogP) is 4.01. The van der Waals surface area contributed by atoms with Crippen LogP contribution in [0.3, 0.4) is 0 Å². The predicted molar refractivity (Wildman–Crippen MR) is 120 cm³/mol. The summed E-state index contributed by atoms with van der Waals surface area (Å²) in [5, 5.41) is 8.07. The average molecular weight is 482 g/mol. The zero-order chi connectivity index (χ0) is 23.0. The summed E-state index contributed by atoms with van der Waals surface area (Å²) in [6, 6.07) is 0.737. The normalized spacial score (nSPS) is 23.6. The molecule has 2 aliphatic rings. The summed E-state index contributed by atoms with van der Waals surface area (Å²) in [6.45, 7) is 5.07. The summed E-state index contributed by atoms with van der Waals surface area (Å²) >= 11 is 6.54. The van der Waals surface area contributed by atoms with Gasteiger partial charge in [0.05, 0.1) is 37.1 Å². The highest BCUT2D eigenvalue weighted by Crippen LogP contribution is 2.45. The molecule has 0 bridgehead atoms. The van der Waals surface area contributed by atoms with E-state index < -0.39 is 12.0 Å². The highest BCUT2D eigenvalue weighted by Gasteiger charge is 2.48. The Kier molecular flexibility index (Phi) is 6.11. The zero-order valence-corrected chi connectivity index (χ0v) is 19.0. The minimum absolute atomic E-state index is 0.0440. The van der Waals surface area contributed by atoms with E-state index in [1.165, 1.54) is 10.9 Å². The highest BCUT2D eigenvalue weighted by molar-refractivity contribution is 6.32. The van der Waals surface area contributed by atoms with E-state index in [1.54, 1.807) is 6.20 Å². The molecule has 1 aliphatic carbocycles. The molecule has 0 aromatic carbocycles. The fourth-order valence-electron chi connectivity index (χ4n) is 4.61. The third-order valence-electron chi connectivity index (χ3n) is 6.29. The van der Waals surface area contributed by atoms with Gasteiger partial charge in [0, 0.05) is 31.7 Å². The van der Waals surface area contributed by atoms with Crippen LogP contribution in [0.25, 0.3) is 11.0 Å². The number of morpholine rings is 1. The van der Waals surface area contributed by atoms with E-state index in [9.17, 15) is 8.78 Å². The van der Waals surface area contributed by atoms with E-state index in [1.807, 2.05) is 13.0 Å². The molecule has 5 rings (SSSR count). The van der Waals surface area contributed by atoms with Gasteiger partial charge in [-0.25, -0.2) is 13.5 Å². The van der Waals surface area contributed by atoms with Crippen LogP contribution in [0.2, 0.25) is 5.15 Å². The third kappa shape index (κ3) is 4.36. The van der Waals surface area contributed by atoms with Gasteiger partial charge in [-0.3, -0.25) is 4.90 Å². The molecule has 9 nitrogen and oxygen atoms in total. The zero-order valence-electron chi connectivity index (χ0n) is 18.2. The Bertz CT molecular complexity index is 1120. The van der Waals surface area contributed by atoms with Gasteiger partial charge in [-0.05, 0) is 25.8 Å². The van der Waals surface area contributed by atoms with Crippen LogP contribution in [0.4, 0.5) is 20.4 Å². The number of hydrogen-bond acceptors (Lipinski definition) is 7. The van der Waals surface area contributed by atoms with E-state index >= 15 is 0 Å². The van der Waals surface area contributed by atoms with E-state index in [4.69, 9.17) is 21.1 Å². The summed E-state index contributed by atoms with van der Waals surface area (Å²) in [5.41, 5.74) is 0.945. The molecule has 3 aromatic rings. The summed E-state index contributed by atoms with van der Waals surface area (Å²) in [4.78, 5) is 14.1. The fraction of sp³-hybridized carbons (Fsp3) is 0.571. The van der Waals surface area contributed by atoms with Crippen LogP contribution in [-0.2, 0) is 4.74 Å². The molecule has 1 saturated carbocycles. The topological polar surface area (TPSA) is 93.1 Å². The van der Waals surface area contributed by atoms with Crippen LogP contribution >= 0.6 is 11.6 Å². The van der Waals surface area contributed by atoms with Crippen molar-refractivity contribution < 1.29 is 18.3 Å². The second-order valence-electron chi connectivity index (χ2n) is 8.30. The number of halogens is 3. The summed E-state index contributed by atoms with van der Waals surface area (Å²) in [7, 11) is 0. The first-order valence-electron chi connectivity index (χ1n) is 11.1. The lowest BCUT2D eigenvalue weighted by atomic mass is 9.86. The van der Waals surface area contributed by atoms with Gasteiger partial charge in [0.1, 0.15) is 11.7 Å². The van der Waals surface area contributed by atoms with Crippen molar-refractivity contribution in [3.63, 3.8) is 0 Å². The minimum atomic E-state index is -2.91. The van der Waals surface area contributed by atoms with Gasteiger partial charge in [0.2, 0.25) is 11.8 Å². The molecule has 12 heteroatoms. The largest absolute Gasteiger partial charge is 0.477 e. The minimum Gasteiger partial charge on any atom is -0.477 e. The maximum atomic E-state index is 15.0. The molecule has 0 radical (unpaired) electrons. The van der Waals surface area contributed by atoms with E-state index in [-0.39, 0.29) is 30.0 Å². The summed E-state index contributed by atoms with van der Waals surface area (Å²) in [6.07, 6.45) is 3.68. The van der Waals surface area contributed by atoms with Crippen molar-refractivity contribution in [2.45, 2.75) is 44.2 Å². The molecule has 0 amide bonds. The molecule has 1 saturated heterocycles. The highest BCUT2D eigenvalue weighted by atomic mass is 35.5. The number of H-pyrrole nitrogens is 1. The van der Waals surface area contributed by atoms with Crippen LogP contribution in [0.1, 0.15) is 32.2 Å². The molecule has 4 heterocycles. The number of aromatic amines is 1. The molecule has 2 fully saturated rings. The van der Waals surface area contributed by atoms with Crippen molar-refractivity contribution in [2.24, 2.45) is 0 Å². The second-order valence-corrected chi connectivity index (χ2v) is 8.66.